The van der Waals surface area contributed by atoms with Crippen molar-refractivity contribution in [3.8, 4) is 5.75 Å². The molecule has 1 aromatic rings. The van der Waals surface area contributed by atoms with E-state index < -0.39 is 11.9 Å². The van der Waals surface area contributed by atoms with Crippen molar-refractivity contribution in [2.75, 3.05) is 13.2 Å². The van der Waals surface area contributed by atoms with Gasteiger partial charge in [-0.1, -0.05) is 11.6 Å². The maximum absolute atomic E-state index is 11.2. The van der Waals surface area contributed by atoms with Gasteiger partial charge in [-0.3, -0.25) is 0 Å². The number of hydrogen-bond acceptors (Lipinski definition) is 4. The van der Waals surface area contributed by atoms with E-state index in [4.69, 9.17) is 26.2 Å². The number of carboxylic acids is 1. The lowest BCUT2D eigenvalue weighted by molar-refractivity contribution is -0.145. The van der Waals surface area contributed by atoms with Crippen molar-refractivity contribution in [1.82, 2.24) is 0 Å². The number of hydrogen-bond donors (Lipinski definition) is 1. The molecule has 18 heavy (non-hydrogen) atoms. The van der Waals surface area contributed by atoms with Gasteiger partial charge in [0.2, 0.25) is 0 Å². The molecule has 0 atom stereocenters. The van der Waals surface area contributed by atoms with Crippen molar-refractivity contribution in [3.05, 3.63) is 28.3 Å². The molecule has 6 heteroatoms. The molecule has 0 heterocycles. The molecule has 0 fully saturated rings. The standard InChI is InChI=1S/C12H13ClO5/c1-3-17-10(14)6-18-11-7(2)4-8(13)5-9(11)12(15)16/h4-5H,3,6H2,1-2H3,(H,15,16). The zero-order valence-electron chi connectivity index (χ0n) is 10.0. The van der Waals surface area contributed by atoms with Gasteiger partial charge in [-0.2, -0.15) is 0 Å². The van der Waals surface area contributed by atoms with Gasteiger partial charge < -0.3 is 14.6 Å². The van der Waals surface area contributed by atoms with E-state index >= 15 is 0 Å². The second-order valence-corrected chi connectivity index (χ2v) is 3.93. The molecule has 1 aromatic carbocycles. The lowest BCUT2D eigenvalue weighted by Crippen LogP contribution is -2.16. The zero-order valence-corrected chi connectivity index (χ0v) is 10.8. The molecule has 0 aromatic heterocycles. The van der Waals surface area contributed by atoms with Crippen molar-refractivity contribution in [1.29, 1.82) is 0 Å². The van der Waals surface area contributed by atoms with Crippen LogP contribution in [0.5, 0.6) is 5.75 Å². The van der Waals surface area contributed by atoms with Crippen LogP contribution in [0.4, 0.5) is 0 Å². The highest BCUT2D eigenvalue weighted by Crippen LogP contribution is 2.27. The molecule has 0 saturated carbocycles. The summed E-state index contributed by atoms with van der Waals surface area (Å²) in [6, 6.07) is 2.84. The number of carboxylic acid groups (broad SMARTS) is 1. The Morgan fingerprint density at radius 2 is 2.06 bits per heavy atom. The van der Waals surface area contributed by atoms with Gasteiger partial charge in [-0.25, -0.2) is 9.59 Å². The van der Waals surface area contributed by atoms with E-state index in [0.29, 0.717) is 10.6 Å². The van der Waals surface area contributed by atoms with Gasteiger partial charge in [0.25, 0.3) is 0 Å². The Balaban J connectivity index is 2.93. The van der Waals surface area contributed by atoms with Crippen LogP contribution in [0.1, 0.15) is 22.8 Å². The molecular formula is C12H13ClO5. The highest BCUT2D eigenvalue weighted by atomic mass is 35.5. The quantitative estimate of drug-likeness (QED) is 0.833. The molecule has 0 spiro atoms. The van der Waals surface area contributed by atoms with Crippen LogP contribution in [0.15, 0.2) is 12.1 Å². The summed E-state index contributed by atoms with van der Waals surface area (Å²) in [6.45, 7) is 3.23. The number of halogens is 1. The van der Waals surface area contributed by atoms with Crippen LogP contribution in [0.25, 0.3) is 0 Å². The van der Waals surface area contributed by atoms with Crippen molar-refractivity contribution < 1.29 is 24.2 Å². The van der Waals surface area contributed by atoms with E-state index in [1.54, 1.807) is 19.9 Å². The number of carbonyl (C=O) groups is 2. The maximum atomic E-state index is 11.2. The van der Waals surface area contributed by atoms with Crippen LogP contribution in [-0.4, -0.2) is 30.3 Å². The first kappa shape index (κ1) is 14.3. The van der Waals surface area contributed by atoms with Gasteiger partial charge in [0, 0.05) is 5.02 Å². The average molecular weight is 273 g/mol. The predicted molar refractivity (Wildman–Crippen MR) is 65.3 cm³/mol. The van der Waals surface area contributed by atoms with Crippen LogP contribution >= 0.6 is 11.6 Å². The second kappa shape index (κ2) is 6.26. The van der Waals surface area contributed by atoms with Gasteiger partial charge >= 0.3 is 11.9 Å². The minimum absolute atomic E-state index is 0.0794. The minimum atomic E-state index is -1.17. The fourth-order valence-corrected chi connectivity index (χ4v) is 1.69. The molecule has 0 aliphatic rings. The molecule has 1 rings (SSSR count). The van der Waals surface area contributed by atoms with Crippen molar-refractivity contribution in [2.45, 2.75) is 13.8 Å². The van der Waals surface area contributed by atoms with Gasteiger partial charge in [-0.05, 0) is 31.5 Å². The molecule has 0 unspecified atom stereocenters. The third kappa shape index (κ3) is 3.63. The third-order valence-corrected chi connectivity index (χ3v) is 2.33. The van der Waals surface area contributed by atoms with Gasteiger partial charge in [0.15, 0.2) is 6.61 Å². The summed E-state index contributed by atoms with van der Waals surface area (Å²) in [4.78, 5) is 22.2. The molecule has 5 nitrogen and oxygen atoms in total. The molecule has 0 saturated heterocycles. The summed E-state index contributed by atoms with van der Waals surface area (Å²) in [5, 5.41) is 9.33. The fourth-order valence-electron chi connectivity index (χ4n) is 1.41. The highest BCUT2D eigenvalue weighted by Gasteiger charge is 2.16. The number of rotatable bonds is 5. The molecule has 0 aliphatic heterocycles. The highest BCUT2D eigenvalue weighted by molar-refractivity contribution is 6.31. The lowest BCUT2D eigenvalue weighted by atomic mass is 10.1. The van der Waals surface area contributed by atoms with E-state index in [9.17, 15) is 9.59 Å². The summed E-state index contributed by atoms with van der Waals surface area (Å²) in [6.07, 6.45) is 0. The summed E-state index contributed by atoms with van der Waals surface area (Å²) < 4.78 is 9.87. The van der Waals surface area contributed by atoms with Crippen molar-refractivity contribution in [2.24, 2.45) is 0 Å². The Labute approximate surface area is 109 Å². The summed E-state index contributed by atoms with van der Waals surface area (Å²) in [5.74, 6) is -1.59. The van der Waals surface area contributed by atoms with E-state index in [1.807, 2.05) is 0 Å². The van der Waals surface area contributed by atoms with Crippen LogP contribution in [0.2, 0.25) is 5.02 Å². The van der Waals surface area contributed by atoms with E-state index in [0.717, 1.165) is 0 Å². The summed E-state index contributed by atoms with van der Waals surface area (Å²) in [5.41, 5.74) is 0.466. The van der Waals surface area contributed by atoms with Gasteiger partial charge in [0.1, 0.15) is 11.3 Å². The normalized spacial score (nSPS) is 9.94. The zero-order chi connectivity index (χ0) is 13.7. The number of ether oxygens (including phenoxy) is 2. The Bertz CT molecular complexity index is 470. The fraction of sp³-hybridized carbons (Fsp3) is 0.333. The molecule has 0 amide bonds. The summed E-state index contributed by atoms with van der Waals surface area (Å²) in [7, 11) is 0. The Morgan fingerprint density at radius 1 is 1.39 bits per heavy atom. The second-order valence-electron chi connectivity index (χ2n) is 3.50. The van der Waals surface area contributed by atoms with Crippen molar-refractivity contribution >= 4 is 23.5 Å². The van der Waals surface area contributed by atoms with Crippen LogP contribution in [-0.2, 0) is 9.53 Å². The Hall–Kier alpha value is -1.75. The first-order valence-electron chi connectivity index (χ1n) is 5.27. The lowest BCUT2D eigenvalue weighted by Gasteiger charge is -2.11. The number of esters is 1. The SMILES string of the molecule is CCOC(=O)COc1c(C)cc(Cl)cc1C(=O)O. The predicted octanol–water partition coefficient (Wildman–Crippen LogP) is 2.29. The number of aromatic carboxylic acids is 1. The Morgan fingerprint density at radius 3 is 2.61 bits per heavy atom. The number of benzene rings is 1. The number of aryl methyl sites for hydroxylation is 1. The average Bonchev–Trinajstić information content (AvgIpc) is 2.27. The molecule has 1 N–H and O–H groups in total. The minimum Gasteiger partial charge on any atom is -0.481 e. The smallest absolute Gasteiger partial charge is 0.344 e. The molecular weight excluding hydrogens is 260 g/mol. The molecule has 0 bridgehead atoms. The van der Waals surface area contributed by atoms with Gasteiger partial charge in [-0.15, -0.1) is 0 Å². The number of carbonyl (C=O) groups excluding carboxylic acids is 1. The Kier molecular flexibility index (Phi) is 4.97. The monoisotopic (exact) mass is 272 g/mol. The summed E-state index contributed by atoms with van der Waals surface area (Å²) >= 11 is 5.77. The van der Waals surface area contributed by atoms with E-state index in [-0.39, 0.29) is 24.5 Å². The van der Waals surface area contributed by atoms with E-state index in [1.165, 1.54) is 6.07 Å². The first-order valence-corrected chi connectivity index (χ1v) is 5.65. The molecule has 98 valence electrons. The largest absolute Gasteiger partial charge is 0.481 e. The van der Waals surface area contributed by atoms with Crippen LogP contribution in [0, 0.1) is 6.92 Å². The van der Waals surface area contributed by atoms with Gasteiger partial charge in [0.05, 0.1) is 6.61 Å². The third-order valence-electron chi connectivity index (χ3n) is 2.11. The van der Waals surface area contributed by atoms with Crippen LogP contribution < -0.4 is 4.74 Å². The van der Waals surface area contributed by atoms with Crippen molar-refractivity contribution in [3.63, 3.8) is 0 Å². The molecule has 0 aliphatic carbocycles. The molecule has 0 radical (unpaired) electrons. The van der Waals surface area contributed by atoms with E-state index in [2.05, 4.69) is 0 Å². The topological polar surface area (TPSA) is 72.8 Å². The maximum Gasteiger partial charge on any atom is 0.344 e. The van der Waals surface area contributed by atoms with Crippen LogP contribution in [0.3, 0.4) is 0 Å². The first-order chi connectivity index (χ1) is 8.45.